The second-order valence-corrected chi connectivity index (χ2v) is 11.7. The van der Waals surface area contributed by atoms with Gasteiger partial charge in [-0.25, -0.2) is 4.98 Å². The molecule has 6 nitrogen and oxygen atoms in total. The fraction of sp³-hybridized carbons (Fsp3) is 0.121. The van der Waals surface area contributed by atoms with E-state index in [9.17, 15) is 9.59 Å². The number of benzene rings is 4. The molecule has 0 radical (unpaired) electrons. The summed E-state index contributed by atoms with van der Waals surface area (Å²) in [5.41, 5.74) is 4.63. The number of carbonyl (C=O) groups is 2. The third-order valence-corrected chi connectivity index (χ3v) is 8.35. The number of amides is 2. The van der Waals surface area contributed by atoms with Gasteiger partial charge in [0, 0.05) is 21.0 Å². The number of rotatable bonds is 10. The molecule has 0 aliphatic heterocycles. The number of thioether (sulfide) groups is 1. The van der Waals surface area contributed by atoms with Crippen molar-refractivity contribution in [3.8, 4) is 17.0 Å². The number of hydrogen-bond donors (Lipinski definition) is 2. The molecule has 1 unspecified atom stereocenters. The Balaban J connectivity index is 1.25. The minimum absolute atomic E-state index is 0.0847. The van der Waals surface area contributed by atoms with E-state index in [4.69, 9.17) is 9.72 Å². The van der Waals surface area contributed by atoms with Gasteiger partial charge >= 0.3 is 0 Å². The van der Waals surface area contributed by atoms with Crippen LogP contribution in [0, 0.1) is 13.8 Å². The summed E-state index contributed by atoms with van der Waals surface area (Å²) in [7, 11) is 0. The van der Waals surface area contributed by atoms with Crippen molar-refractivity contribution < 1.29 is 14.3 Å². The summed E-state index contributed by atoms with van der Waals surface area (Å²) in [5.74, 6) is 0.235. The molecule has 1 aromatic heterocycles. The number of thiazole rings is 1. The molecular weight excluding hydrogens is 551 g/mol. The SMILES string of the molecule is Cc1ccc(-c2nc(NC(=O)C(Sc3ccc(NC(=O)COc4ccccc4)cc3)c3ccccc3)sc2C)cc1. The lowest BCUT2D eigenvalue weighted by atomic mass is 10.1. The van der Waals surface area contributed by atoms with Crippen LogP contribution in [-0.4, -0.2) is 23.4 Å². The van der Waals surface area contributed by atoms with Crippen molar-refractivity contribution in [1.29, 1.82) is 0 Å². The van der Waals surface area contributed by atoms with Crippen LogP contribution in [0.1, 0.15) is 21.3 Å². The number of para-hydroxylation sites is 1. The van der Waals surface area contributed by atoms with Crippen molar-refractivity contribution in [3.63, 3.8) is 0 Å². The number of aryl methyl sites for hydroxylation is 2. The Morgan fingerprint density at radius 2 is 1.49 bits per heavy atom. The van der Waals surface area contributed by atoms with Crippen molar-refractivity contribution >= 4 is 45.7 Å². The highest BCUT2D eigenvalue weighted by atomic mass is 32.2. The molecule has 0 saturated carbocycles. The smallest absolute Gasteiger partial charge is 0.262 e. The maximum Gasteiger partial charge on any atom is 0.262 e. The molecule has 0 fully saturated rings. The molecule has 0 spiro atoms. The van der Waals surface area contributed by atoms with E-state index in [2.05, 4.69) is 29.7 Å². The zero-order chi connectivity index (χ0) is 28.6. The van der Waals surface area contributed by atoms with Crippen molar-refractivity contribution in [3.05, 3.63) is 125 Å². The van der Waals surface area contributed by atoms with Crippen molar-refractivity contribution in [2.75, 3.05) is 17.2 Å². The number of aromatic nitrogens is 1. The van der Waals surface area contributed by atoms with Crippen LogP contribution in [0.15, 0.2) is 114 Å². The maximum atomic E-state index is 13.6. The Hall–Kier alpha value is -4.40. The van der Waals surface area contributed by atoms with Crippen LogP contribution >= 0.6 is 23.1 Å². The molecule has 2 amide bonds. The van der Waals surface area contributed by atoms with Crippen LogP contribution in [-0.2, 0) is 9.59 Å². The molecule has 1 atom stereocenters. The average molecular weight is 580 g/mol. The van der Waals surface area contributed by atoms with Gasteiger partial charge in [-0.1, -0.05) is 78.4 Å². The second kappa shape index (κ2) is 13.3. The predicted octanol–water partition coefficient (Wildman–Crippen LogP) is 7.92. The van der Waals surface area contributed by atoms with Crippen LogP contribution in [0.5, 0.6) is 5.75 Å². The van der Waals surface area contributed by atoms with Crippen LogP contribution in [0.3, 0.4) is 0 Å². The van der Waals surface area contributed by atoms with E-state index in [1.807, 2.05) is 91.9 Å². The Bertz CT molecular complexity index is 1600. The molecule has 2 N–H and O–H groups in total. The van der Waals surface area contributed by atoms with E-state index < -0.39 is 5.25 Å². The zero-order valence-corrected chi connectivity index (χ0v) is 24.3. The van der Waals surface area contributed by atoms with E-state index in [0.717, 1.165) is 26.6 Å². The lowest BCUT2D eigenvalue weighted by Crippen LogP contribution is -2.20. The van der Waals surface area contributed by atoms with E-state index >= 15 is 0 Å². The summed E-state index contributed by atoms with van der Waals surface area (Å²) in [6.45, 7) is 3.98. The first-order valence-corrected chi connectivity index (χ1v) is 14.8. The van der Waals surface area contributed by atoms with Crippen molar-refractivity contribution in [1.82, 2.24) is 4.98 Å². The van der Waals surface area contributed by atoms with Gasteiger partial charge in [0.15, 0.2) is 11.7 Å². The van der Waals surface area contributed by atoms with Gasteiger partial charge < -0.3 is 15.4 Å². The van der Waals surface area contributed by atoms with Crippen molar-refractivity contribution in [2.45, 2.75) is 24.0 Å². The fourth-order valence-electron chi connectivity index (χ4n) is 4.12. The third kappa shape index (κ3) is 7.63. The minimum atomic E-state index is -0.497. The molecule has 5 aromatic rings. The summed E-state index contributed by atoms with van der Waals surface area (Å²) >= 11 is 2.91. The number of hydrogen-bond acceptors (Lipinski definition) is 6. The first-order chi connectivity index (χ1) is 19.9. The molecule has 0 saturated heterocycles. The minimum Gasteiger partial charge on any atom is -0.484 e. The molecule has 5 rings (SSSR count). The highest BCUT2D eigenvalue weighted by Crippen LogP contribution is 2.38. The quantitative estimate of drug-likeness (QED) is 0.164. The summed E-state index contributed by atoms with van der Waals surface area (Å²) in [6, 6.07) is 34.5. The first-order valence-electron chi connectivity index (χ1n) is 13.1. The summed E-state index contributed by atoms with van der Waals surface area (Å²) in [6.07, 6.45) is 0. The molecule has 8 heteroatoms. The largest absolute Gasteiger partial charge is 0.484 e. The average Bonchev–Trinajstić information content (AvgIpc) is 3.36. The normalized spacial score (nSPS) is 11.5. The van der Waals surface area contributed by atoms with Gasteiger partial charge in [0.25, 0.3) is 5.91 Å². The van der Waals surface area contributed by atoms with Crippen LogP contribution in [0.4, 0.5) is 10.8 Å². The number of nitrogens with one attached hydrogen (secondary N) is 2. The summed E-state index contributed by atoms with van der Waals surface area (Å²) in [5, 5.41) is 5.96. The third-order valence-electron chi connectivity index (χ3n) is 6.20. The molecule has 41 heavy (non-hydrogen) atoms. The van der Waals surface area contributed by atoms with Crippen molar-refractivity contribution in [2.24, 2.45) is 0 Å². The number of ether oxygens (including phenoxy) is 1. The van der Waals surface area contributed by atoms with Gasteiger partial charge in [-0.3, -0.25) is 9.59 Å². The zero-order valence-electron chi connectivity index (χ0n) is 22.7. The monoisotopic (exact) mass is 579 g/mol. The molecule has 206 valence electrons. The number of anilines is 2. The summed E-state index contributed by atoms with van der Waals surface area (Å²) < 4.78 is 5.51. The molecule has 0 aliphatic carbocycles. The Morgan fingerprint density at radius 1 is 0.829 bits per heavy atom. The summed E-state index contributed by atoms with van der Waals surface area (Å²) in [4.78, 5) is 32.6. The van der Waals surface area contributed by atoms with E-state index in [1.165, 1.54) is 28.7 Å². The first kappa shape index (κ1) is 28.1. The molecule has 0 bridgehead atoms. The van der Waals surface area contributed by atoms with Gasteiger partial charge in [-0.05, 0) is 55.8 Å². The molecular formula is C33H29N3O3S2. The van der Waals surface area contributed by atoms with Gasteiger partial charge in [-0.15, -0.1) is 23.1 Å². The Labute approximate surface area is 247 Å². The van der Waals surface area contributed by atoms with E-state index in [1.54, 1.807) is 12.1 Å². The Kier molecular flexibility index (Phi) is 9.13. The van der Waals surface area contributed by atoms with Crippen LogP contribution < -0.4 is 15.4 Å². The Morgan fingerprint density at radius 3 is 2.17 bits per heavy atom. The lowest BCUT2D eigenvalue weighted by Gasteiger charge is -2.16. The fourth-order valence-corrected chi connectivity index (χ4v) is 5.98. The van der Waals surface area contributed by atoms with Gasteiger partial charge in [0.1, 0.15) is 11.0 Å². The number of nitrogens with zero attached hydrogens (tertiary/aromatic N) is 1. The molecule has 1 heterocycles. The van der Waals surface area contributed by atoms with Gasteiger partial charge in [-0.2, -0.15) is 0 Å². The second-order valence-electron chi connectivity index (χ2n) is 9.36. The highest BCUT2D eigenvalue weighted by Gasteiger charge is 2.24. The highest BCUT2D eigenvalue weighted by molar-refractivity contribution is 8.00. The maximum absolute atomic E-state index is 13.6. The van der Waals surface area contributed by atoms with E-state index in [0.29, 0.717) is 16.6 Å². The lowest BCUT2D eigenvalue weighted by molar-refractivity contribution is -0.118. The van der Waals surface area contributed by atoms with Crippen LogP contribution in [0.25, 0.3) is 11.3 Å². The molecule has 4 aromatic carbocycles. The number of carbonyl (C=O) groups excluding carboxylic acids is 2. The topological polar surface area (TPSA) is 80.3 Å². The van der Waals surface area contributed by atoms with Gasteiger partial charge in [0.2, 0.25) is 5.91 Å². The van der Waals surface area contributed by atoms with Crippen LogP contribution in [0.2, 0.25) is 0 Å². The standard InChI is InChI=1S/C33H29N3O3S2/c1-22-13-15-24(16-14-22)30-23(2)40-33(35-30)36-32(38)31(25-9-5-3-6-10-25)41-28-19-17-26(18-20-28)34-29(37)21-39-27-11-7-4-8-12-27/h3-20,31H,21H2,1-2H3,(H,34,37)(H,35,36,38). The van der Waals surface area contributed by atoms with E-state index in [-0.39, 0.29) is 18.4 Å². The van der Waals surface area contributed by atoms with Gasteiger partial charge in [0.05, 0.1) is 5.69 Å². The predicted molar refractivity (Wildman–Crippen MR) is 168 cm³/mol. The molecule has 0 aliphatic rings.